The van der Waals surface area contributed by atoms with Crippen LogP contribution in [0.25, 0.3) is 16.6 Å². The zero-order valence-corrected chi connectivity index (χ0v) is 14.4. The molecule has 1 aromatic heterocycles. The fraction of sp³-hybridized carbons (Fsp3) is 0.250. The van der Waals surface area contributed by atoms with Crippen molar-refractivity contribution < 1.29 is 14.3 Å². The van der Waals surface area contributed by atoms with Crippen LogP contribution in [0.2, 0.25) is 0 Å². The number of hydrogen-bond acceptors (Lipinski definition) is 3. The first-order valence-corrected chi connectivity index (χ1v) is 8.00. The molecule has 0 saturated heterocycles. The number of aromatic nitrogens is 1. The fourth-order valence-corrected chi connectivity index (χ4v) is 3.22. The molecule has 4 nitrogen and oxygen atoms in total. The smallest absolute Gasteiger partial charge is 0.162 e. The predicted octanol–water partition coefficient (Wildman–Crippen LogP) is 4.55. The lowest BCUT2D eigenvalue weighted by atomic mass is 10.1. The number of benzene rings is 2. The van der Waals surface area contributed by atoms with Gasteiger partial charge in [-0.2, -0.15) is 0 Å². The Morgan fingerprint density at radius 1 is 1.17 bits per heavy atom. The molecule has 4 heteroatoms. The third-order valence-corrected chi connectivity index (χ3v) is 4.16. The lowest BCUT2D eigenvalue weighted by Crippen LogP contribution is -2.01. The summed E-state index contributed by atoms with van der Waals surface area (Å²) in [4.78, 5) is 12.3. The normalized spacial score (nSPS) is 10.8. The SMILES string of the molecule is CCOc1ccc2c(c1)c(C(C)=O)c(C)n2-c1ccccc1OC. The number of para-hydroxylation sites is 2. The van der Waals surface area contributed by atoms with Crippen LogP contribution in [-0.2, 0) is 0 Å². The number of methoxy groups -OCH3 is 1. The van der Waals surface area contributed by atoms with Crippen LogP contribution in [0.15, 0.2) is 42.5 Å². The van der Waals surface area contributed by atoms with Gasteiger partial charge in [0.1, 0.15) is 11.5 Å². The Hall–Kier alpha value is -2.75. The Labute approximate surface area is 141 Å². The molecule has 0 unspecified atom stereocenters. The van der Waals surface area contributed by atoms with Gasteiger partial charge < -0.3 is 14.0 Å². The van der Waals surface area contributed by atoms with Crippen LogP contribution in [0, 0.1) is 6.92 Å². The number of hydrogen-bond donors (Lipinski definition) is 0. The van der Waals surface area contributed by atoms with Crippen molar-refractivity contribution in [2.45, 2.75) is 20.8 Å². The molecule has 3 rings (SSSR count). The van der Waals surface area contributed by atoms with E-state index in [1.165, 1.54) is 0 Å². The Morgan fingerprint density at radius 2 is 1.92 bits per heavy atom. The molecule has 0 saturated carbocycles. The standard InChI is InChI=1S/C20H21NO3/c1-5-24-15-10-11-17-16(12-15)20(14(3)22)13(2)21(17)18-8-6-7-9-19(18)23-4/h6-12H,5H2,1-4H3. The van der Waals surface area contributed by atoms with E-state index in [2.05, 4.69) is 4.57 Å². The van der Waals surface area contributed by atoms with E-state index in [4.69, 9.17) is 9.47 Å². The Morgan fingerprint density at radius 3 is 2.58 bits per heavy atom. The molecule has 0 amide bonds. The molecule has 0 aliphatic rings. The molecular formula is C20H21NO3. The third kappa shape index (κ3) is 2.54. The summed E-state index contributed by atoms with van der Waals surface area (Å²) in [6.45, 7) is 6.10. The van der Waals surface area contributed by atoms with Gasteiger partial charge >= 0.3 is 0 Å². The molecule has 0 aliphatic heterocycles. The van der Waals surface area contributed by atoms with Crippen molar-refractivity contribution in [1.82, 2.24) is 4.57 Å². The van der Waals surface area contributed by atoms with Crippen LogP contribution < -0.4 is 9.47 Å². The van der Waals surface area contributed by atoms with Crippen molar-refractivity contribution in [2.75, 3.05) is 13.7 Å². The van der Waals surface area contributed by atoms with Gasteiger partial charge in [0.2, 0.25) is 0 Å². The molecule has 1 heterocycles. The molecule has 0 radical (unpaired) electrons. The highest BCUT2D eigenvalue weighted by molar-refractivity contribution is 6.09. The number of carbonyl (C=O) groups excluding carboxylic acids is 1. The minimum absolute atomic E-state index is 0.0415. The second-order valence-electron chi connectivity index (χ2n) is 5.64. The zero-order valence-electron chi connectivity index (χ0n) is 14.4. The summed E-state index contributed by atoms with van der Waals surface area (Å²) < 4.78 is 13.2. The summed E-state index contributed by atoms with van der Waals surface area (Å²) in [7, 11) is 1.65. The lowest BCUT2D eigenvalue weighted by Gasteiger charge is -2.13. The summed E-state index contributed by atoms with van der Waals surface area (Å²) in [6, 6.07) is 13.7. The van der Waals surface area contributed by atoms with Gasteiger partial charge in [0, 0.05) is 16.6 Å². The van der Waals surface area contributed by atoms with Gasteiger partial charge in [-0.25, -0.2) is 0 Å². The van der Waals surface area contributed by atoms with Gasteiger partial charge in [-0.05, 0) is 51.1 Å². The molecule has 0 bridgehead atoms. The number of nitrogens with zero attached hydrogens (tertiary/aromatic N) is 1. The van der Waals surface area contributed by atoms with E-state index in [-0.39, 0.29) is 5.78 Å². The summed E-state index contributed by atoms with van der Waals surface area (Å²) in [5.41, 5.74) is 3.50. The summed E-state index contributed by atoms with van der Waals surface area (Å²) in [5, 5.41) is 0.900. The molecule has 0 fully saturated rings. The molecule has 124 valence electrons. The quantitative estimate of drug-likeness (QED) is 0.647. The predicted molar refractivity (Wildman–Crippen MR) is 95.7 cm³/mol. The van der Waals surface area contributed by atoms with E-state index in [1.54, 1.807) is 14.0 Å². The molecule has 0 spiro atoms. The van der Waals surface area contributed by atoms with Gasteiger partial charge in [-0.3, -0.25) is 4.79 Å². The molecule has 24 heavy (non-hydrogen) atoms. The monoisotopic (exact) mass is 323 g/mol. The first-order valence-electron chi connectivity index (χ1n) is 8.00. The van der Waals surface area contributed by atoms with Crippen LogP contribution in [0.1, 0.15) is 29.9 Å². The molecular weight excluding hydrogens is 302 g/mol. The Bertz CT molecular complexity index is 909. The zero-order chi connectivity index (χ0) is 17.3. The van der Waals surface area contributed by atoms with Crippen molar-refractivity contribution in [1.29, 1.82) is 0 Å². The van der Waals surface area contributed by atoms with Crippen molar-refractivity contribution in [3.05, 3.63) is 53.7 Å². The molecule has 3 aromatic rings. The average Bonchev–Trinajstić information content (AvgIpc) is 2.86. The van der Waals surface area contributed by atoms with Crippen LogP contribution in [0.4, 0.5) is 0 Å². The van der Waals surface area contributed by atoms with Crippen molar-refractivity contribution in [2.24, 2.45) is 0 Å². The number of fused-ring (bicyclic) bond motifs is 1. The van der Waals surface area contributed by atoms with E-state index >= 15 is 0 Å². The number of carbonyl (C=O) groups is 1. The molecule has 2 aromatic carbocycles. The molecule has 0 aliphatic carbocycles. The second-order valence-corrected chi connectivity index (χ2v) is 5.64. The van der Waals surface area contributed by atoms with Gasteiger partial charge in [0.05, 0.1) is 24.9 Å². The van der Waals surface area contributed by atoms with E-state index in [9.17, 15) is 4.79 Å². The highest BCUT2D eigenvalue weighted by Gasteiger charge is 2.20. The summed E-state index contributed by atoms with van der Waals surface area (Å²) in [5.74, 6) is 1.57. The fourth-order valence-electron chi connectivity index (χ4n) is 3.22. The number of ketones is 1. The largest absolute Gasteiger partial charge is 0.495 e. The van der Waals surface area contributed by atoms with Gasteiger partial charge in [0.15, 0.2) is 5.78 Å². The second kappa shape index (κ2) is 6.40. The third-order valence-electron chi connectivity index (χ3n) is 4.16. The van der Waals surface area contributed by atoms with Crippen molar-refractivity contribution >= 4 is 16.7 Å². The van der Waals surface area contributed by atoms with E-state index in [1.807, 2.05) is 56.3 Å². The van der Waals surface area contributed by atoms with Gasteiger partial charge in [-0.1, -0.05) is 12.1 Å². The first-order chi connectivity index (χ1) is 11.6. The summed E-state index contributed by atoms with van der Waals surface area (Å²) >= 11 is 0. The van der Waals surface area contributed by atoms with Crippen LogP contribution in [0.5, 0.6) is 11.5 Å². The van der Waals surface area contributed by atoms with Gasteiger partial charge in [0.25, 0.3) is 0 Å². The van der Waals surface area contributed by atoms with Crippen LogP contribution in [0.3, 0.4) is 0 Å². The Kier molecular flexibility index (Phi) is 4.30. The number of ether oxygens (including phenoxy) is 2. The minimum Gasteiger partial charge on any atom is -0.495 e. The minimum atomic E-state index is 0.0415. The number of Topliss-reactive ketones (excluding diaryl/α,β-unsaturated/α-hetero) is 1. The first kappa shape index (κ1) is 16.1. The Balaban J connectivity index is 2.36. The van der Waals surface area contributed by atoms with Gasteiger partial charge in [-0.15, -0.1) is 0 Å². The van der Waals surface area contributed by atoms with Crippen molar-refractivity contribution in [3.63, 3.8) is 0 Å². The lowest BCUT2D eigenvalue weighted by molar-refractivity contribution is 0.101. The molecule has 0 atom stereocenters. The molecule has 0 N–H and O–H groups in total. The van der Waals surface area contributed by atoms with Crippen molar-refractivity contribution in [3.8, 4) is 17.2 Å². The average molecular weight is 323 g/mol. The van der Waals surface area contributed by atoms with Crippen LogP contribution in [-0.4, -0.2) is 24.1 Å². The maximum Gasteiger partial charge on any atom is 0.162 e. The van der Waals surface area contributed by atoms with E-state index < -0.39 is 0 Å². The highest BCUT2D eigenvalue weighted by atomic mass is 16.5. The summed E-state index contributed by atoms with van der Waals surface area (Å²) in [6.07, 6.45) is 0. The maximum atomic E-state index is 12.3. The maximum absolute atomic E-state index is 12.3. The van der Waals surface area contributed by atoms with E-state index in [0.717, 1.165) is 39.3 Å². The topological polar surface area (TPSA) is 40.5 Å². The number of rotatable bonds is 5. The van der Waals surface area contributed by atoms with E-state index in [0.29, 0.717) is 6.61 Å². The van der Waals surface area contributed by atoms with Crippen LogP contribution >= 0.6 is 0 Å². The highest BCUT2D eigenvalue weighted by Crippen LogP contribution is 2.35.